The Bertz CT molecular complexity index is 457. The average Bonchev–Trinajstić information content (AvgIpc) is 2.27. The van der Waals surface area contributed by atoms with Crippen LogP contribution in [0.1, 0.15) is 16.8 Å². The van der Waals surface area contributed by atoms with E-state index in [4.69, 9.17) is 0 Å². The third-order valence-electron chi connectivity index (χ3n) is 2.15. The fourth-order valence-electron chi connectivity index (χ4n) is 1.26. The first-order chi connectivity index (χ1) is 8.45. The summed E-state index contributed by atoms with van der Waals surface area (Å²) in [6.07, 6.45) is 0.0437. The predicted octanol–water partition coefficient (Wildman–Crippen LogP) is 1.59. The number of amides is 2. The zero-order valence-electron chi connectivity index (χ0n) is 9.52. The van der Waals surface area contributed by atoms with Crippen LogP contribution in [0.15, 0.2) is 16.6 Å². The molecule has 0 bridgehead atoms. The molecule has 0 aliphatic rings. The van der Waals surface area contributed by atoms with E-state index in [0.29, 0.717) is 0 Å². The number of carbonyl (C=O) groups excluding carboxylic acids is 2. The van der Waals surface area contributed by atoms with Crippen LogP contribution in [0.4, 0.5) is 8.78 Å². The number of rotatable bonds is 4. The van der Waals surface area contributed by atoms with Crippen LogP contribution < -0.4 is 10.6 Å². The van der Waals surface area contributed by atoms with Crippen molar-refractivity contribution >= 4 is 27.7 Å². The SMILES string of the molecule is CNC(=O)CCNC(=O)c1c(F)cc(Br)cc1F. The van der Waals surface area contributed by atoms with Crippen LogP contribution >= 0.6 is 15.9 Å². The molecule has 0 saturated heterocycles. The van der Waals surface area contributed by atoms with Crippen LogP contribution in [-0.4, -0.2) is 25.4 Å². The molecular weight excluding hydrogens is 310 g/mol. The van der Waals surface area contributed by atoms with E-state index >= 15 is 0 Å². The lowest BCUT2D eigenvalue weighted by molar-refractivity contribution is -0.120. The molecule has 0 radical (unpaired) electrons. The number of hydrogen-bond donors (Lipinski definition) is 2. The summed E-state index contributed by atoms with van der Waals surface area (Å²) >= 11 is 2.91. The van der Waals surface area contributed by atoms with Crippen LogP contribution in [0.25, 0.3) is 0 Å². The molecule has 7 heteroatoms. The summed E-state index contributed by atoms with van der Waals surface area (Å²) < 4.78 is 27.0. The number of carbonyl (C=O) groups is 2. The Labute approximate surface area is 111 Å². The average molecular weight is 321 g/mol. The highest BCUT2D eigenvalue weighted by Gasteiger charge is 2.18. The Kier molecular flexibility index (Phi) is 5.21. The van der Waals surface area contributed by atoms with Crippen molar-refractivity contribution in [2.24, 2.45) is 0 Å². The molecule has 0 spiro atoms. The third-order valence-corrected chi connectivity index (χ3v) is 2.61. The highest BCUT2D eigenvalue weighted by atomic mass is 79.9. The highest BCUT2D eigenvalue weighted by Crippen LogP contribution is 2.19. The lowest BCUT2D eigenvalue weighted by Crippen LogP contribution is -2.30. The molecule has 0 unspecified atom stereocenters. The van der Waals surface area contributed by atoms with E-state index in [1.807, 2.05) is 0 Å². The lowest BCUT2D eigenvalue weighted by atomic mass is 10.2. The maximum Gasteiger partial charge on any atom is 0.257 e. The summed E-state index contributed by atoms with van der Waals surface area (Å²) in [6, 6.07) is 1.99. The normalized spacial score (nSPS) is 10.0. The minimum Gasteiger partial charge on any atom is -0.359 e. The molecule has 0 heterocycles. The van der Waals surface area contributed by atoms with Crippen molar-refractivity contribution in [2.45, 2.75) is 6.42 Å². The van der Waals surface area contributed by atoms with Gasteiger partial charge in [0.15, 0.2) is 0 Å². The fraction of sp³-hybridized carbons (Fsp3) is 0.273. The van der Waals surface area contributed by atoms with Crippen molar-refractivity contribution in [1.29, 1.82) is 0 Å². The zero-order chi connectivity index (χ0) is 13.7. The Hall–Kier alpha value is -1.50. The van der Waals surface area contributed by atoms with Crippen molar-refractivity contribution in [3.63, 3.8) is 0 Å². The Morgan fingerprint density at radius 1 is 1.28 bits per heavy atom. The van der Waals surface area contributed by atoms with E-state index in [9.17, 15) is 18.4 Å². The van der Waals surface area contributed by atoms with Crippen LogP contribution in [-0.2, 0) is 4.79 Å². The molecule has 2 N–H and O–H groups in total. The molecular formula is C11H11BrF2N2O2. The minimum absolute atomic E-state index is 0.00739. The molecule has 0 saturated carbocycles. The molecule has 1 rings (SSSR count). The van der Waals surface area contributed by atoms with Crippen molar-refractivity contribution in [3.05, 3.63) is 33.8 Å². The fourth-order valence-corrected chi connectivity index (χ4v) is 1.66. The van der Waals surface area contributed by atoms with Crippen LogP contribution in [0.2, 0.25) is 0 Å². The van der Waals surface area contributed by atoms with E-state index in [1.165, 1.54) is 7.05 Å². The predicted molar refractivity (Wildman–Crippen MR) is 65.1 cm³/mol. The summed E-state index contributed by atoms with van der Waals surface area (Å²) in [6.45, 7) is 0.00739. The Balaban J connectivity index is 2.70. The zero-order valence-corrected chi connectivity index (χ0v) is 11.1. The second-order valence-electron chi connectivity index (χ2n) is 3.42. The van der Waals surface area contributed by atoms with E-state index in [2.05, 4.69) is 26.6 Å². The van der Waals surface area contributed by atoms with Crippen molar-refractivity contribution in [1.82, 2.24) is 10.6 Å². The summed E-state index contributed by atoms with van der Waals surface area (Å²) in [5.74, 6) is -3.08. The molecule has 0 atom stereocenters. The van der Waals surface area contributed by atoms with Gasteiger partial charge in [0.1, 0.15) is 17.2 Å². The Morgan fingerprint density at radius 3 is 2.33 bits per heavy atom. The number of benzene rings is 1. The third kappa shape index (κ3) is 3.76. The van der Waals surface area contributed by atoms with Gasteiger partial charge in [-0.05, 0) is 12.1 Å². The molecule has 2 amide bonds. The second-order valence-corrected chi connectivity index (χ2v) is 4.34. The molecule has 0 aliphatic carbocycles. The first-order valence-corrected chi connectivity index (χ1v) is 5.88. The molecule has 0 aliphatic heterocycles. The first-order valence-electron chi connectivity index (χ1n) is 5.09. The van der Waals surface area contributed by atoms with Gasteiger partial charge >= 0.3 is 0 Å². The van der Waals surface area contributed by atoms with Crippen molar-refractivity contribution in [2.75, 3.05) is 13.6 Å². The van der Waals surface area contributed by atoms with E-state index < -0.39 is 23.1 Å². The van der Waals surface area contributed by atoms with Crippen LogP contribution in [0.5, 0.6) is 0 Å². The number of nitrogens with one attached hydrogen (secondary N) is 2. The summed E-state index contributed by atoms with van der Waals surface area (Å²) in [7, 11) is 1.46. The molecule has 1 aromatic carbocycles. The molecule has 0 fully saturated rings. The van der Waals surface area contributed by atoms with Gasteiger partial charge in [0, 0.05) is 24.5 Å². The molecule has 4 nitrogen and oxygen atoms in total. The quantitative estimate of drug-likeness (QED) is 0.885. The maximum absolute atomic E-state index is 13.4. The van der Waals surface area contributed by atoms with E-state index in [1.54, 1.807) is 0 Å². The van der Waals surface area contributed by atoms with Crippen LogP contribution in [0, 0.1) is 11.6 Å². The maximum atomic E-state index is 13.4. The first kappa shape index (κ1) is 14.6. The van der Waals surface area contributed by atoms with Gasteiger partial charge in [0.05, 0.1) is 0 Å². The number of hydrogen-bond acceptors (Lipinski definition) is 2. The van der Waals surface area contributed by atoms with Gasteiger partial charge in [-0.15, -0.1) is 0 Å². The summed E-state index contributed by atoms with van der Waals surface area (Å²) in [5.41, 5.74) is -0.657. The smallest absolute Gasteiger partial charge is 0.257 e. The van der Waals surface area contributed by atoms with E-state index in [0.717, 1.165) is 12.1 Å². The lowest BCUT2D eigenvalue weighted by Gasteiger charge is -2.07. The second kappa shape index (κ2) is 6.44. The van der Waals surface area contributed by atoms with Gasteiger partial charge in [-0.2, -0.15) is 0 Å². The highest BCUT2D eigenvalue weighted by molar-refractivity contribution is 9.10. The van der Waals surface area contributed by atoms with Gasteiger partial charge in [-0.3, -0.25) is 9.59 Å². The van der Waals surface area contributed by atoms with Gasteiger partial charge in [-0.25, -0.2) is 8.78 Å². The minimum atomic E-state index is -0.959. The topological polar surface area (TPSA) is 58.2 Å². The molecule has 18 heavy (non-hydrogen) atoms. The summed E-state index contributed by atoms with van der Waals surface area (Å²) in [5, 5.41) is 4.63. The van der Waals surface area contributed by atoms with Crippen LogP contribution in [0.3, 0.4) is 0 Å². The molecule has 0 aromatic heterocycles. The van der Waals surface area contributed by atoms with Gasteiger partial charge in [0.2, 0.25) is 5.91 Å². The standard InChI is InChI=1S/C11H11BrF2N2O2/c1-15-9(17)2-3-16-11(18)10-7(13)4-6(12)5-8(10)14/h4-5H,2-3H2,1H3,(H,15,17)(H,16,18). The Morgan fingerprint density at radius 2 is 1.83 bits per heavy atom. The van der Waals surface area contributed by atoms with E-state index in [-0.39, 0.29) is 23.3 Å². The van der Waals surface area contributed by atoms with Gasteiger partial charge in [0.25, 0.3) is 5.91 Å². The number of halogens is 3. The van der Waals surface area contributed by atoms with Gasteiger partial charge < -0.3 is 10.6 Å². The summed E-state index contributed by atoms with van der Waals surface area (Å²) in [4.78, 5) is 22.4. The van der Waals surface area contributed by atoms with Gasteiger partial charge in [-0.1, -0.05) is 15.9 Å². The largest absolute Gasteiger partial charge is 0.359 e. The molecule has 98 valence electrons. The monoisotopic (exact) mass is 320 g/mol. The molecule has 1 aromatic rings. The van der Waals surface area contributed by atoms with Crippen molar-refractivity contribution < 1.29 is 18.4 Å². The van der Waals surface area contributed by atoms with Crippen molar-refractivity contribution in [3.8, 4) is 0 Å².